The van der Waals surface area contributed by atoms with Crippen LogP contribution in [0, 0.1) is 0 Å². The molecular formula is C49H34N4. The second kappa shape index (κ2) is 12.9. The van der Waals surface area contributed by atoms with Gasteiger partial charge in [0.2, 0.25) is 5.95 Å². The lowest BCUT2D eigenvalue weighted by atomic mass is 9.97. The third kappa shape index (κ3) is 5.40. The highest BCUT2D eigenvalue weighted by Crippen LogP contribution is 2.39. The number of aromatic nitrogens is 3. The van der Waals surface area contributed by atoms with Gasteiger partial charge in [0.05, 0.1) is 29.0 Å². The van der Waals surface area contributed by atoms with Gasteiger partial charge in [-0.15, -0.1) is 0 Å². The van der Waals surface area contributed by atoms with Crippen molar-refractivity contribution < 1.29 is 0 Å². The van der Waals surface area contributed by atoms with Crippen LogP contribution in [0.15, 0.2) is 194 Å². The summed E-state index contributed by atoms with van der Waals surface area (Å²) < 4.78 is 2.43. The summed E-state index contributed by atoms with van der Waals surface area (Å²) in [6, 6.07) is 64.9. The Morgan fingerprint density at radius 3 is 1.89 bits per heavy atom. The van der Waals surface area contributed by atoms with Crippen LogP contribution in [0.1, 0.15) is 5.56 Å². The van der Waals surface area contributed by atoms with Gasteiger partial charge < -0.3 is 9.47 Å². The Hall–Kier alpha value is -7.04. The molecule has 250 valence electrons. The Balaban J connectivity index is 1.13. The number of para-hydroxylation sites is 1. The first-order chi connectivity index (χ1) is 26.3. The van der Waals surface area contributed by atoms with E-state index in [0.717, 1.165) is 27.8 Å². The Bertz CT molecular complexity index is 2920. The number of hydrogen-bond donors (Lipinski definition) is 0. The van der Waals surface area contributed by atoms with Crippen LogP contribution in [0.25, 0.3) is 71.3 Å². The number of benzene rings is 8. The third-order valence-electron chi connectivity index (χ3n) is 10.4. The van der Waals surface area contributed by atoms with Crippen molar-refractivity contribution in [3.8, 4) is 27.9 Å². The topological polar surface area (TPSA) is 34.0 Å². The first kappa shape index (κ1) is 30.8. The second-order valence-electron chi connectivity index (χ2n) is 13.5. The average Bonchev–Trinajstić information content (AvgIpc) is 3.56. The molecular weight excluding hydrogens is 645 g/mol. The molecule has 0 spiro atoms. The fourth-order valence-corrected chi connectivity index (χ4v) is 7.86. The summed E-state index contributed by atoms with van der Waals surface area (Å²) in [4.78, 5) is 12.2. The molecule has 0 radical (unpaired) electrons. The van der Waals surface area contributed by atoms with E-state index in [2.05, 4.69) is 173 Å². The van der Waals surface area contributed by atoms with E-state index in [1.54, 1.807) is 0 Å². The maximum Gasteiger partial charge on any atom is 0.230 e. The molecule has 0 saturated heterocycles. The quantitative estimate of drug-likeness (QED) is 0.168. The van der Waals surface area contributed by atoms with Gasteiger partial charge in [-0.25, -0.2) is 9.97 Å². The highest BCUT2D eigenvalue weighted by molar-refractivity contribution is 6.11. The molecule has 0 unspecified atom stereocenters. The van der Waals surface area contributed by atoms with Crippen molar-refractivity contribution in [1.82, 2.24) is 14.5 Å². The van der Waals surface area contributed by atoms with E-state index in [4.69, 9.17) is 9.97 Å². The fraction of sp³-hybridized carbons (Fsp3) is 0.0204. The highest BCUT2D eigenvalue weighted by Gasteiger charge is 2.20. The molecule has 4 nitrogen and oxygen atoms in total. The number of nitrogens with zero attached hydrogens (tertiary/aromatic N) is 4. The zero-order valence-corrected chi connectivity index (χ0v) is 29.0. The van der Waals surface area contributed by atoms with E-state index in [1.165, 1.54) is 54.8 Å². The molecule has 10 rings (SSSR count). The van der Waals surface area contributed by atoms with Crippen LogP contribution in [0.2, 0.25) is 0 Å². The van der Waals surface area contributed by atoms with Crippen molar-refractivity contribution in [3.63, 3.8) is 0 Å². The lowest BCUT2D eigenvalue weighted by molar-refractivity contribution is 0.917. The Labute approximate surface area is 307 Å². The number of hydrogen-bond acceptors (Lipinski definition) is 3. The van der Waals surface area contributed by atoms with Crippen LogP contribution in [-0.2, 0) is 6.54 Å². The molecule has 0 atom stereocenters. The molecule has 10 aromatic rings. The molecule has 0 fully saturated rings. The van der Waals surface area contributed by atoms with E-state index in [9.17, 15) is 0 Å². The summed E-state index contributed by atoms with van der Waals surface area (Å²) in [5, 5.41) is 7.27. The van der Waals surface area contributed by atoms with Crippen LogP contribution in [-0.4, -0.2) is 14.5 Å². The molecule has 2 heterocycles. The van der Waals surface area contributed by atoms with Crippen molar-refractivity contribution in [2.45, 2.75) is 6.54 Å². The van der Waals surface area contributed by atoms with E-state index < -0.39 is 0 Å². The molecule has 0 amide bonds. The molecule has 2 aromatic heterocycles. The summed E-state index contributed by atoms with van der Waals surface area (Å²) >= 11 is 0. The minimum absolute atomic E-state index is 0.583. The predicted octanol–water partition coefficient (Wildman–Crippen LogP) is 12.6. The van der Waals surface area contributed by atoms with Gasteiger partial charge in [0.1, 0.15) is 0 Å². The van der Waals surface area contributed by atoms with Crippen LogP contribution in [0.4, 0.5) is 11.6 Å². The standard InChI is InChI=1S/C49H34N4/c1-2-14-34(15-3-1)39-31-50-49(51-32-39)52(45-26-12-19-35-16-4-8-22-41(35)45)33-38-18-6-7-21-40(38)37-28-29-44-43-24-10-11-25-47(43)53(48(44)30-37)46-27-13-20-36-17-5-9-23-42(36)46/h1-32H,33H2. The summed E-state index contributed by atoms with van der Waals surface area (Å²) in [7, 11) is 0. The van der Waals surface area contributed by atoms with Crippen LogP contribution in [0.5, 0.6) is 0 Å². The van der Waals surface area contributed by atoms with E-state index in [0.29, 0.717) is 12.5 Å². The lowest BCUT2D eigenvalue weighted by Gasteiger charge is -2.26. The maximum absolute atomic E-state index is 4.98. The number of rotatable bonds is 7. The van der Waals surface area contributed by atoms with Crippen molar-refractivity contribution in [3.05, 3.63) is 200 Å². The van der Waals surface area contributed by atoms with Crippen LogP contribution >= 0.6 is 0 Å². The predicted molar refractivity (Wildman–Crippen MR) is 221 cm³/mol. The maximum atomic E-state index is 4.98. The molecule has 4 heteroatoms. The van der Waals surface area contributed by atoms with Gasteiger partial charge in [-0.05, 0) is 57.3 Å². The van der Waals surface area contributed by atoms with Crippen molar-refractivity contribution in [1.29, 1.82) is 0 Å². The Kier molecular flexibility index (Phi) is 7.51. The van der Waals surface area contributed by atoms with E-state index in [1.807, 2.05) is 30.6 Å². The fourth-order valence-electron chi connectivity index (χ4n) is 7.86. The van der Waals surface area contributed by atoms with Crippen molar-refractivity contribution in [2.24, 2.45) is 0 Å². The minimum Gasteiger partial charge on any atom is -0.309 e. The molecule has 0 bridgehead atoms. The number of anilines is 2. The Morgan fingerprint density at radius 1 is 0.434 bits per heavy atom. The van der Waals surface area contributed by atoms with Gasteiger partial charge in [-0.3, -0.25) is 0 Å². The first-order valence-corrected chi connectivity index (χ1v) is 18.0. The molecule has 8 aromatic carbocycles. The van der Waals surface area contributed by atoms with Crippen molar-refractivity contribution >= 4 is 55.0 Å². The normalized spacial score (nSPS) is 11.5. The van der Waals surface area contributed by atoms with Crippen LogP contribution in [0.3, 0.4) is 0 Å². The summed E-state index contributed by atoms with van der Waals surface area (Å²) in [5.74, 6) is 0.655. The summed E-state index contributed by atoms with van der Waals surface area (Å²) in [5.41, 5.74) is 10.2. The second-order valence-corrected chi connectivity index (χ2v) is 13.5. The zero-order valence-electron chi connectivity index (χ0n) is 29.0. The SMILES string of the molecule is c1ccc(-c2cnc(N(Cc3ccccc3-c3ccc4c5ccccc5n(-c5cccc6ccccc56)c4c3)c3cccc4ccccc34)nc2)cc1. The molecule has 0 saturated carbocycles. The van der Waals surface area contributed by atoms with Gasteiger partial charge in [-0.2, -0.15) is 0 Å². The van der Waals surface area contributed by atoms with Gasteiger partial charge in [0.15, 0.2) is 0 Å². The van der Waals surface area contributed by atoms with Crippen molar-refractivity contribution in [2.75, 3.05) is 4.90 Å². The first-order valence-electron chi connectivity index (χ1n) is 18.0. The molecule has 0 aliphatic heterocycles. The Morgan fingerprint density at radius 2 is 1.06 bits per heavy atom. The van der Waals surface area contributed by atoms with Crippen LogP contribution < -0.4 is 4.90 Å². The lowest BCUT2D eigenvalue weighted by Crippen LogP contribution is -2.20. The van der Waals surface area contributed by atoms with Gasteiger partial charge in [-0.1, -0.05) is 158 Å². The van der Waals surface area contributed by atoms with E-state index >= 15 is 0 Å². The molecule has 53 heavy (non-hydrogen) atoms. The number of fused-ring (bicyclic) bond motifs is 5. The van der Waals surface area contributed by atoms with Gasteiger partial charge in [0, 0.05) is 39.5 Å². The molecule has 0 N–H and O–H groups in total. The summed E-state index contributed by atoms with van der Waals surface area (Å²) in [6.45, 7) is 0.583. The third-order valence-corrected chi connectivity index (χ3v) is 10.4. The molecule has 0 aliphatic rings. The minimum atomic E-state index is 0.583. The summed E-state index contributed by atoms with van der Waals surface area (Å²) in [6.07, 6.45) is 3.86. The zero-order chi connectivity index (χ0) is 35.1. The van der Waals surface area contributed by atoms with E-state index in [-0.39, 0.29) is 0 Å². The van der Waals surface area contributed by atoms with Gasteiger partial charge >= 0.3 is 0 Å². The molecule has 0 aliphatic carbocycles. The highest BCUT2D eigenvalue weighted by atomic mass is 15.3. The average molecular weight is 679 g/mol. The smallest absolute Gasteiger partial charge is 0.230 e. The monoisotopic (exact) mass is 678 g/mol. The largest absolute Gasteiger partial charge is 0.309 e. The van der Waals surface area contributed by atoms with Gasteiger partial charge in [0.25, 0.3) is 0 Å².